The zero-order valence-corrected chi connectivity index (χ0v) is 19.6. The summed E-state index contributed by atoms with van der Waals surface area (Å²) in [7, 11) is 0. The normalized spacial score (nSPS) is 15.9. The molecule has 2 aromatic carbocycles. The predicted octanol–water partition coefficient (Wildman–Crippen LogP) is 0.885. The molecule has 0 saturated carbocycles. The first-order chi connectivity index (χ1) is 17.0. The molecule has 0 spiro atoms. The highest BCUT2D eigenvalue weighted by molar-refractivity contribution is 6.15. The zero-order valence-electron chi connectivity index (χ0n) is 19.6. The number of aromatic hydroxyl groups is 1. The van der Waals surface area contributed by atoms with E-state index < -0.39 is 54.5 Å². The SMILES string of the molecule is Cc1cc(C(=O)N[C@H]2CC(=O)c3ccccc3N(CC(=O)N[C@H](C=O)CC(=O)O)C2=O)cc(C)c1O. The van der Waals surface area contributed by atoms with Crippen LogP contribution in [-0.4, -0.2) is 64.6 Å². The third kappa shape index (κ3) is 5.74. The average Bonchev–Trinajstić information content (AvgIpc) is 2.92. The van der Waals surface area contributed by atoms with Crippen molar-refractivity contribution in [3.8, 4) is 5.75 Å². The van der Waals surface area contributed by atoms with Crippen molar-refractivity contribution < 1.29 is 39.0 Å². The van der Waals surface area contributed by atoms with Gasteiger partial charge in [-0.2, -0.15) is 0 Å². The molecule has 0 fully saturated rings. The van der Waals surface area contributed by atoms with E-state index in [-0.39, 0.29) is 35.3 Å². The first kappa shape index (κ1) is 26.1. The van der Waals surface area contributed by atoms with Gasteiger partial charge < -0.3 is 30.5 Å². The number of nitrogens with one attached hydrogen (secondary N) is 2. The van der Waals surface area contributed by atoms with Gasteiger partial charge in [-0.25, -0.2) is 0 Å². The Balaban J connectivity index is 1.89. The number of carboxylic acids is 1. The number of aliphatic carboxylic acids is 1. The molecule has 0 saturated heterocycles. The van der Waals surface area contributed by atoms with Crippen LogP contribution in [0.1, 0.15) is 44.7 Å². The number of anilines is 1. The van der Waals surface area contributed by atoms with E-state index in [1.165, 1.54) is 24.3 Å². The number of phenolic OH excluding ortho intramolecular Hbond substituents is 1. The molecule has 0 unspecified atom stereocenters. The fourth-order valence-corrected chi connectivity index (χ4v) is 3.96. The van der Waals surface area contributed by atoms with E-state index in [1.807, 2.05) is 0 Å². The van der Waals surface area contributed by atoms with Gasteiger partial charge in [0.25, 0.3) is 11.8 Å². The smallest absolute Gasteiger partial charge is 0.305 e. The fraction of sp³-hybridized carbons (Fsp3) is 0.280. The molecule has 1 aliphatic rings. The van der Waals surface area contributed by atoms with Gasteiger partial charge >= 0.3 is 5.97 Å². The van der Waals surface area contributed by atoms with Gasteiger partial charge in [0.05, 0.1) is 18.2 Å². The second kappa shape index (κ2) is 10.8. The van der Waals surface area contributed by atoms with Crippen LogP contribution in [-0.2, 0) is 19.2 Å². The minimum Gasteiger partial charge on any atom is -0.507 e. The largest absolute Gasteiger partial charge is 0.507 e. The molecule has 0 aromatic heterocycles. The van der Waals surface area contributed by atoms with Crippen LogP contribution in [0.2, 0.25) is 0 Å². The van der Waals surface area contributed by atoms with Gasteiger partial charge in [0, 0.05) is 17.5 Å². The highest BCUT2D eigenvalue weighted by Crippen LogP contribution is 2.28. The molecule has 11 nitrogen and oxygen atoms in total. The van der Waals surface area contributed by atoms with Crippen molar-refractivity contribution in [3.05, 3.63) is 58.7 Å². The summed E-state index contributed by atoms with van der Waals surface area (Å²) in [5.74, 6) is -3.88. The Hall–Kier alpha value is -4.54. The van der Waals surface area contributed by atoms with E-state index in [0.29, 0.717) is 11.1 Å². The first-order valence-electron chi connectivity index (χ1n) is 11.0. The summed E-state index contributed by atoms with van der Waals surface area (Å²) in [6, 6.07) is 6.42. The van der Waals surface area contributed by atoms with Crippen LogP contribution in [0, 0.1) is 13.8 Å². The van der Waals surface area contributed by atoms with Gasteiger partial charge in [0.15, 0.2) is 5.78 Å². The molecule has 0 bridgehead atoms. The lowest BCUT2D eigenvalue weighted by molar-refractivity contribution is -0.138. The lowest BCUT2D eigenvalue weighted by Gasteiger charge is -2.26. The van der Waals surface area contributed by atoms with E-state index in [1.54, 1.807) is 26.0 Å². The lowest BCUT2D eigenvalue weighted by Crippen LogP contribution is -2.52. The summed E-state index contributed by atoms with van der Waals surface area (Å²) < 4.78 is 0. The highest BCUT2D eigenvalue weighted by atomic mass is 16.4. The number of hydrogen-bond donors (Lipinski definition) is 4. The van der Waals surface area contributed by atoms with Crippen molar-refractivity contribution in [1.82, 2.24) is 10.6 Å². The Kier molecular flexibility index (Phi) is 7.83. The second-order valence-electron chi connectivity index (χ2n) is 8.46. The molecular weight excluding hydrogens is 470 g/mol. The third-order valence-electron chi connectivity index (χ3n) is 5.71. The van der Waals surface area contributed by atoms with Gasteiger partial charge in [-0.15, -0.1) is 0 Å². The summed E-state index contributed by atoms with van der Waals surface area (Å²) in [6.45, 7) is 2.62. The predicted molar refractivity (Wildman–Crippen MR) is 127 cm³/mol. The molecule has 188 valence electrons. The summed E-state index contributed by atoms with van der Waals surface area (Å²) in [5.41, 5.74) is 1.41. The van der Waals surface area contributed by atoms with Gasteiger partial charge in [0.1, 0.15) is 24.6 Å². The molecule has 36 heavy (non-hydrogen) atoms. The van der Waals surface area contributed by atoms with Crippen LogP contribution >= 0.6 is 0 Å². The number of aryl methyl sites for hydroxylation is 2. The molecule has 3 rings (SSSR count). The molecule has 2 atom stereocenters. The second-order valence-corrected chi connectivity index (χ2v) is 8.46. The number of rotatable bonds is 8. The molecule has 0 aliphatic carbocycles. The van der Waals surface area contributed by atoms with Gasteiger partial charge in [-0.3, -0.25) is 24.0 Å². The van der Waals surface area contributed by atoms with Crippen molar-refractivity contribution in [2.24, 2.45) is 0 Å². The summed E-state index contributed by atoms with van der Waals surface area (Å²) in [5, 5.41) is 23.6. The molecule has 11 heteroatoms. The minimum absolute atomic E-state index is 0.0384. The Morgan fingerprint density at radius 3 is 2.39 bits per heavy atom. The van der Waals surface area contributed by atoms with Gasteiger partial charge in [-0.05, 0) is 49.2 Å². The molecule has 4 N–H and O–H groups in total. The third-order valence-corrected chi connectivity index (χ3v) is 5.71. The molecular formula is C25H25N3O8. The van der Waals surface area contributed by atoms with E-state index in [9.17, 15) is 33.9 Å². The zero-order chi connectivity index (χ0) is 26.6. The molecule has 1 heterocycles. The van der Waals surface area contributed by atoms with E-state index in [4.69, 9.17) is 5.11 Å². The Morgan fingerprint density at radius 2 is 1.78 bits per heavy atom. The molecule has 2 aromatic rings. The molecule has 0 radical (unpaired) electrons. The van der Waals surface area contributed by atoms with E-state index in [0.717, 1.165) is 4.90 Å². The van der Waals surface area contributed by atoms with Gasteiger partial charge in [-0.1, -0.05) is 12.1 Å². The number of aldehydes is 1. The van der Waals surface area contributed by atoms with Crippen LogP contribution < -0.4 is 15.5 Å². The summed E-state index contributed by atoms with van der Waals surface area (Å²) in [6.07, 6.45) is -0.716. The minimum atomic E-state index is -1.31. The number of carboxylic acid groups (broad SMARTS) is 1. The van der Waals surface area contributed by atoms with Crippen molar-refractivity contribution in [3.63, 3.8) is 0 Å². The van der Waals surface area contributed by atoms with Crippen LogP contribution in [0.5, 0.6) is 5.75 Å². The topological polar surface area (TPSA) is 170 Å². The number of hydrogen-bond acceptors (Lipinski definition) is 7. The van der Waals surface area contributed by atoms with Crippen molar-refractivity contribution in [2.75, 3.05) is 11.4 Å². The average molecular weight is 495 g/mol. The summed E-state index contributed by atoms with van der Waals surface area (Å²) >= 11 is 0. The van der Waals surface area contributed by atoms with Crippen LogP contribution in [0.4, 0.5) is 5.69 Å². The van der Waals surface area contributed by atoms with Crippen molar-refractivity contribution >= 4 is 41.4 Å². The standard InChI is InChI=1S/C25H25N3O8/c1-13-7-15(8-14(2)23(13)34)24(35)27-18-10-20(30)17-5-3-4-6-19(17)28(25(18)36)11-21(31)26-16(12-29)9-22(32)33/h3-8,12,16,18,34H,9-11H2,1-2H3,(H,26,31)(H,27,35)(H,32,33)/t16-,18-/m0/s1. The monoisotopic (exact) mass is 495 g/mol. The van der Waals surface area contributed by atoms with Crippen molar-refractivity contribution in [1.29, 1.82) is 0 Å². The number of phenols is 1. The van der Waals surface area contributed by atoms with Crippen LogP contribution in [0.25, 0.3) is 0 Å². The number of amides is 3. The number of fused-ring (bicyclic) bond motifs is 1. The first-order valence-corrected chi connectivity index (χ1v) is 11.0. The molecule has 3 amide bonds. The van der Waals surface area contributed by atoms with Crippen LogP contribution in [0.3, 0.4) is 0 Å². The quantitative estimate of drug-likeness (QED) is 0.391. The van der Waals surface area contributed by atoms with Crippen LogP contribution in [0.15, 0.2) is 36.4 Å². The number of Topliss-reactive ketones (excluding diaryl/α,β-unsaturated/α-hetero) is 1. The van der Waals surface area contributed by atoms with Crippen molar-refractivity contribution in [2.45, 2.75) is 38.8 Å². The fourth-order valence-electron chi connectivity index (χ4n) is 3.96. The maximum atomic E-state index is 13.5. The number of ketones is 1. The molecule has 1 aliphatic heterocycles. The number of nitrogens with zero attached hydrogens (tertiary/aromatic N) is 1. The van der Waals surface area contributed by atoms with E-state index >= 15 is 0 Å². The van der Waals surface area contributed by atoms with Gasteiger partial charge in [0.2, 0.25) is 5.91 Å². The maximum Gasteiger partial charge on any atom is 0.305 e. The van der Waals surface area contributed by atoms with E-state index in [2.05, 4.69) is 10.6 Å². The number of para-hydroxylation sites is 1. The Labute approximate surface area is 206 Å². The number of benzene rings is 2. The maximum absolute atomic E-state index is 13.5. The number of carbonyl (C=O) groups excluding carboxylic acids is 5. The Morgan fingerprint density at radius 1 is 1.14 bits per heavy atom. The lowest BCUT2D eigenvalue weighted by atomic mass is 10.0. The summed E-state index contributed by atoms with van der Waals surface area (Å²) in [4.78, 5) is 75.0. The Bertz CT molecular complexity index is 1230. The highest BCUT2D eigenvalue weighted by Gasteiger charge is 2.36. The number of carbonyl (C=O) groups is 6.